The molecule has 2 rings (SSSR count). The molecule has 2 aromatic carbocycles. The summed E-state index contributed by atoms with van der Waals surface area (Å²) in [6.07, 6.45) is 0. The predicted molar refractivity (Wildman–Crippen MR) is 89.6 cm³/mol. The molecule has 0 spiro atoms. The van der Waals surface area contributed by atoms with E-state index in [2.05, 4.69) is 21.2 Å². The Morgan fingerprint density at radius 2 is 2.05 bits per heavy atom. The highest BCUT2D eigenvalue weighted by Crippen LogP contribution is 2.21. The summed E-state index contributed by atoms with van der Waals surface area (Å²) in [5.41, 5.74) is 7.97. The van der Waals surface area contributed by atoms with Gasteiger partial charge in [-0.3, -0.25) is 9.00 Å². The lowest BCUT2D eigenvalue weighted by Crippen LogP contribution is -2.20. The number of hydrogen-bond donors (Lipinski definition) is 2. The molecule has 0 aliphatic rings. The first-order valence-electron chi connectivity index (χ1n) is 6.25. The van der Waals surface area contributed by atoms with Gasteiger partial charge < -0.3 is 11.1 Å². The Morgan fingerprint density at radius 3 is 2.71 bits per heavy atom. The highest BCUT2D eigenvalue weighted by Gasteiger charge is 2.13. The van der Waals surface area contributed by atoms with Crippen LogP contribution < -0.4 is 11.1 Å². The highest BCUT2D eigenvalue weighted by atomic mass is 79.9. The fourth-order valence-electron chi connectivity index (χ4n) is 1.84. The molecule has 0 aliphatic carbocycles. The topological polar surface area (TPSA) is 72.2 Å². The molecular formula is C15H15BrN2O2S. The van der Waals surface area contributed by atoms with Gasteiger partial charge in [0.15, 0.2) is 0 Å². The van der Waals surface area contributed by atoms with Crippen LogP contribution in [0.3, 0.4) is 0 Å². The predicted octanol–water partition coefficient (Wildman–Crippen LogP) is 3.09. The normalized spacial score (nSPS) is 11.9. The Balaban J connectivity index is 2.04. The average Bonchev–Trinajstić information content (AvgIpc) is 2.38. The van der Waals surface area contributed by atoms with Gasteiger partial charge in [-0.2, -0.15) is 0 Å². The van der Waals surface area contributed by atoms with Gasteiger partial charge in [-0.15, -0.1) is 0 Å². The van der Waals surface area contributed by atoms with E-state index in [1.165, 1.54) is 0 Å². The van der Waals surface area contributed by atoms with Crippen LogP contribution in [0.25, 0.3) is 0 Å². The van der Waals surface area contributed by atoms with Crippen LogP contribution in [0.5, 0.6) is 0 Å². The largest absolute Gasteiger partial charge is 0.398 e. The van der Waals surface area contributed by atoms with Gasteiger partial charge in [-0.1, -0.05) is 28.1 Å². The molecule has 0 aromatic heterocycles. The quantitative estimate of drug-likeness (QED) is 0.816. The van der Waals surface area contributed by atoms with Crippen molar-refractivity contribution in [2.75, 3.05) is 16.8 Å². The Morgan fingerprint density at radius 1 is 1.29 bits per heavy atom. The standard InChI is InChI=1S/C15H15BrN2O2S/c1-10-3-2-4-12(7-10)18-15(19)9-21(20)14-6-5-11(16)8-13(14)17/h2-8H,9,17H2,1H3,(H,18,19). The van der Waals surface area contributed by atoms with Crippen molar-refractivity contribution in [3.8, 4) is 0 Å². The fourth-order valence-corrected chi connectivity index (χ4v) is 3.23. The summed E-state index contributed by atoms with van der Waals surface area (Å²) in [7, 11) is -1.47. The van der Waals surface area contributed by atoms with Crippen molar-refractivity contribution in [3.05, 3.63) is 52.5 Å². The number of rotatable bonds is 4. The summed E-state index contributed by atoms with van der Waals surface area (Å²) in [5.74, 6) is -0.430. The van der Waals surface area contributed by atoms with Crippen LogP contribution in [-0.4, -0.2) is 15.9 Å². The van der Waals surface area contributed by atoms with Crippen molar-refractivity contribution in [2.45, 2.75) is 11.8 Å². The monoisotopic (exact) mass is 366 g/mol. The molecule has 1 amide bonds. The van der Waals surface area contributed by atoms with Crippen molar-refractivity contribution in [1.29, 1.82) is 0 Å². The van der Waals surface area contributed by atoms with E-state index in [0.717, 1.165) is 10.0 Å². The summed E-state index contributed by atoms with van der Waals surface area (Å²) >= 11 is 3.29. The number of carbonyl (C=O) groups excluding carboxylic acids is 1. The molecule has 2 aromatic rings. The summed E-state index contributed by atoms with van der Waals surface area (Å²) in [5, 5.41) is 2.73. The number of anilines is 2. The van der Waals surface area contributed by atoms with Crippen LogP contribution in [0.1, 0.15) is 5.56 Å². The third-order valence-electron chi connectivity index (χ3n) is 2.78. The minimum absolute atomic E-state index is 0.125. The Labute approximate surface area is 134 Å². The minimum Gasteiger partial charge on any atom is -0.398 e. The zero-order valence-corrected chi connectivity index (χ0v) is 13.8. The van der Waals surface area contributed by atoms with E-state index >= 15 is 0 Å². The first-order chi connectivity index (χ1) is 9.95. The molecule has 0 heterocycles. The summed E-state index contributed by atoms with van der Waals surface area (Å²) in [6.45, 7) is 1.94. The van der Waals surface area contributed by atoms with Gasteiger partial charge >= 0.3 is 0 Å². The van der Waals surface area contributed by atoms with Gasteiger partial charge in [0.1, 0.15) is 5.75 Å². The SMILES string of the molecule is Cc1cccc(NC(=O)CS(=O)c2ccc(Br)cc2N)c1. The molecular weight excluding hydrogens is 352 g/mol. The maximum atomic E-state index is 12.2. The average molecular weight is 367 g/mol. The minimum atomic E-state index is -1.47. The second-order valence-corrected chi connectivity index (χ2v) is 6.92. The summed E-state index contributed by atoms with van der Waals surface area (Å²) in [4.78, 5) is 12.4. The number of benzene rings is 2. The van der Waals surface area contributed by atoms with Gasteiger partial charge in [0.05, 0.1) is 15.7 Å². The van der Waals surface area contributed by atoms with Crippen LogP contribution in [0.4, 0.5) is 11.4 Å². The molecule has 6 heteroatoms. The van der Waals surface area contributed by atoms with Gasteiger partial charge in [0, 0.05) is 15.8 Å². The van der Waals surface area contributed by atoms with Crippen LogP contribution in [0, 0.1) is 6.92 Å². The van der Waals surface area contributed by atoms with Crippen molar-refractivity contribution >= 4 is 44.0 Å². The third-order valence-corrected chi connectivity index (χ3v) is 4.66. The number of amides is 1. The zero-order chi connectivity index (χ0) is 15.4. The first kappa shape index (κ1) is 15.7. The number of aryl methyl sites for hydroxylation is 1. The third kappa shape index (κ3) is 4.41. The lowest BCUT2D eigenvalue weighted by molar-refractivity contribution is -0.113. The molecule has 0 fully saturated rings. The van der Waals surface area contributed by atoms with Crippen molar-refractivity contribution in [3.63, 3.8) is 0 Å². The van der Waals surface area contributed by atoms with E-state index in [-0.39, 0.29) is 11.7 Å². The molecule has 110 valence electrons. The van der Waals surface area contributed by atoms with E-state index in [9.17, 15) is 9.00 Å². The maximum Gasteiger partial charge on any atom is 0.237 e. The van der Waals surface area contributed by atoms with Gasteiger partial charge in [0.2, 0.25) is 5.91 Å². The van der Waals surface area contributed by atoms with Crippen LogP contribution >= 0.6 is 15.9 Å². The Bertz CT molecular complexity index is 704. The Kier molecular flexibility index (Phi) is 5.14. The molecule has 1 unspecified atom stereocenters. The van der Waals surface area contributed by atoms with Crippen LogP contribution in [0.2, 0.25) is 0 Å². The van der Waals surface area contributed by atoms with Gasteiger partial charge in [-0.25, -0.2) is 0 Å². The fraction of sp³-hybridized carbons (Fsp3) is 0.133. The number of nitrogens with one attached hydrogen (secondary N) is 1. The van der Waals surface area contributed by atoms with Gasteiger partial charge in [-0.05, 0) is 42.8 Å². The second kappa shape index (κ2) is 6.87. The van der Waals surface area contributed by atoms with E-state index < -0.39 is 10.8 Å². The van der Waals surface area contributed by atoms with Crippen LogP contribution in [0.15, 0.2) is 51.8 Å². The van der Waals surface area contributed by atoms with Crippen molar-refractivity contribution in [2.24, 2.45) is 0 Å². The first-order valence-corrected chi connectivity index (χ1v) is 8.37. The number of nitrogen functional groups attached to an aromatic ring is 1. The molecule has 4 nitrogen and oxygen atoms in total. The molecule has 0 aliphatic heterocycles. The lowest BCUT2D eigenvalue weighted by atomic mass is 10.2. The zero-order valence-electron chi connectivity index (χ0n) is 11.4. The summed E-state index contributed by atoms with van der Waals surface area (Å²) < 4.78 is 13.0. The summed E-state index contributed by atoms with van der Waals surface area (Å²) in [6, 6.07) is 12.5. The molecule has 3 N–H and O–H groups in total. The van der Waals surface area contributed by atoms with Crippen LogP contribution in [-0.2, 0) is 15.6 Å². The second-order valence-electron chi connectivity index (χ2n) is 4.59. The molecule has 21 heavy (non-hydrogen) atoms. The Hall–Kier alpha value is -1.66. The molecule has 0 bridgehead atoms. The van der Waals surface area contributed by atoms with Crippen molar-refractivity contribution in [1.82, 2.24) is 0 Å². The maximum absolute atomic E-state index is 12.2. The smallest absolute Gasteiger partial charge is 0.237 e. The van der Waals surface area contributed by atoms with E-state index in [0.29, 0.717) is 16.3 Å². The van der Waals surface area contributed by atoms with Crippen molar-refractivity contribution < 1.29 is 9.00 Å². The molecule has 0 saturated carbocycles. The molecule has 0 radical (unpaired) electrons. The molecule has 0 saturated heterocycles. The highest BCUT2D eigenvalue weighted by molar-refractivity contribution is 9.10. The number of carbonyl (C=O) groups is 1. The lowest BCUT2D eigenvalue weighted by Gasteiger charge is -2.08. The molecule has 1 atom stereocenters. The number of halogens is 1. The van der Waals surface area contributed by atoms with E-state index in [4.69, 9.17) is 5.73 Å². The van der Waals surface area contributed by atoms with E-state index in [1.54, 1.807) is 24.3 Å². The number of nitrogens with two attached hydrogens (primary N) is 1. The van der Waals surface area contributed by atoms with E-state index in [1.807, 2.05) is 25.1 Å². The number of hydrogen-bond acceptors (Lipinski definition) is 3. The van der Waals surface area contributed by atoms with Gasteiger partial charge in [0.25, 0.3) is 0 Å².